The molecule has 0 saturated carbocycles. The van der Waals surface area contributed by atoms with Crippen molar-refractivity contribution in [3.63, 3.8) is 0 Å². The molecule has 0 saturated heterocycles. The number of aromatic nitrogens is 1. The first-order valence-corrected chi connectivity index (χ1v) is 10.9. The van der Waals surface area contributed by atoms with Crippen LogP contribution in [0.2, 0.25) is 0 Å². The number of alkyl halides is 2. The van der Waals surface area contributed by atoms with Gasteiger partial charge in [-0.3, -0.25) is 9.36 Å². The van der Waals surface area contributed by atoms with E-state index in [2.05, 4.69) is 26.6 Å². The van der Waals surface area contributed by atoms with Crippen LogP contribution >= 0.6 is 15.9 Å². The van der Waals surface area contributed by atoms with Crippen molar-refractivity contribution in [3.05, 3.63) is 92.4 Å². The molecule has 9 heteroatoms. The Kier molecular flexibility index (Phi) is 6.71. The normalized spacial score (nSPS) is 18.3. The van der Waals surface area contributed by atoms with Crippen molar-refractivity contribution in [3.8, 4) is 5.69 Å². The topological polar surface area (TPSA) is 79.1 Å². The van der Waals surface area contributed by atoms with Gasteiger partial charge >= 0.3 is 0 Å². The predicted octanol–water partition coefficient (Wildman–Crippen LogP) is 4.72. The number of hydrogen-bond acceptors (Lipinski definition) is 5. The van der Waals surface area contributed by atoms with Crippen LogP contribution in [0.1, 0.15) is 11.1 Å². The lowest BCUT2D eigenvalue weighted by Gasteiger charge is -2.26. The number of halogens is 3. The first-order chi connectivity index (χ1) is 15.9. The van der Waals surface area contributed by atoms with E-state index in [-0.39, 0.29) is 5.56 Å². The van der Waals surface area contributed by atoms with Crippen LogP contribution in [0.15, 0.2) is 75.7 Å². The van der Waals surface area contributed by atoms with Crippen molar-refractivity contribution in [2.45, 2.75) is 12.7 Å². The lowest BCUT2D eigenvalue weighted by atomic mass is 9.95. The molecule has 2 aromatic rings. The summed E-state index contributed by atoms with van der Waals surface area (Å²) in [6.07, 6.45) is 6.85. The van der Waals surface area contributed by atoms with Gasteiger partial charge in [0.15, 0.2) is 0 Å². The number of allylic oxidation sites excluding steroid dienone is 5. The minimum atomic E-state index is -2.60. The average Bonchev–Trinajstić information content (AvgIpc) is 2.80. The molecule has 2 heterocycles. The van der Waals surface area contributed by atoms with E-state index in [1.807, 2.05) is 12.1 Å². The molecule has 170 valence electrons. The summed E-state index contributed by atoms with van der Waals surface area (Å²) in [5.74, 6) is 0.451. The lowest BCUT2D eigenvalue weighted by molar-refractivity contribution is 0.00179. The molecule has 0 fully saturated rings. The summed E-state index contributed by atoms with van der Waals surface area (Å²) in [5.41, 5.74) is 3.11. The van der Waals surface area contributed by atoms with Crippen LogP contribution in [0.5, 0.6) is 0 Å². The Morgan fingerprint density at radius 1 is 1.27 bits per heavy atom. The molecule has 4 rings (SSSR count). The van der Waals surface area contributed by atoms with Crippen molar-refractivity contribution >= 4 is 39.1 Å². The van der Waals surface area contributed by atoms with Crippen LogP contribution in [0, 0.1) is 5.41 Å². The fourth-order valence-corrected chi connectivity index (χ4v) is 3.87. The van der Waals surface area contributed by atoms with Crippen molar-refractivity contribution in [1.82, 2.24) is 9.88 Å². The molecular formula is C24H21BrF2N4O2. The molecule has 1 unspecified atom stereocenters. The number of ether oxygens (including phenoxy) is 1. The maximum Gasteiger partial charge on any atom is 0.264 e. The SMILES string of the molecule is CN/C=C1/C=C(c2cc3c(n(-c4ccc(Br)cc4)c2=O)NC(OCC(F)F)C=C3)C=CC1=N. The second-order valence-electron chi connectivity index (χ2n) is 7.36. The van der Waals surface area contributed by atoms with Crippen LogP contribution in [0.25, 0.3) is 17.3 Å². The Labute approximate surface area is 197 Å². The van der Waals surface area contributed by atoms with Gasteiger partial charge < -0.3 is 20.8 Å². The zero-order valence-electron chi connectivity index (χ0n) is 17.6. The monoisotopic (exact) mass is 514 g/mol. The summed E-state index contributed by atoms with van der Waals surface area (Å²) in [6.45, 7) is -0.720. The standard InChI is InChI=1S/C24H21BrF2N4O2/c1-29-12-16-10-14(2-8-20(16)28)19-11-15-3-9-22(33-13-21(26)27)30-23(15)31(24(19)32)18-6-4-17(25)5-7-18/h2-12,21-22,28-30H,13H2,1H3/b16-12-,28-20?. The van der Waals surface area contributed by atoms with Gasteiger partial charge in [-0.2, -0.15) is 0 Å². The van der Waals surface area contributed by atoms with E-state index in [0.29, 0.717) is 39.5 Å². The Balaban J connectivity index is 1.86. The third-order valence-corrected chi connectivity index (χ3v) is 5.64. The zero-order chi connectivity index (χ0) is 23.5. The molecule has 6 nitrogen and oxygen atoms in total. The number of anilines is 1. The molecule has 3 N–H and O–H groups in total. The molecule has 1 aliphatic heterocycles. The van der Waals surface area contributed by atoms with Crippen LogP contribution in [0.3, 0.4) is 0 Å². The number of nitrogens with zero attached hydrogens (tertiary/aromatic N) is 1. The van der Waals surface area contributed by atoms with Crippen molar-refractivity contribution in [2.75, 3.05) is 19.0 Å². The average molecular weight is 515 g/mol. The summed E-state index contributed by atoms with van der Waals surface area (Å²) in [6, 6.07) is 8.97. The third kappa shape index (κ3) is 4.89. The van der Waals surface area contributed by atoms with Gasteiger partial charge in [0, 0.05) is 34.4 Å². The Hall–Kier alpha value is -3.30. The molecule has 1 atom stereocenters. The molecule has 1 aromatic heterocycles. The number of nitrogens with one attached hydrogen (secondary N) is 3. The second kappa shape index (κ2) is 9.68. The molecular weight excluding hydrogens is 494 g/mol. The molecule has 2 aliphatic rings. The summed E-state index contributed by atoms with van der Waals surface area (Å²) in [5, 5.41) is 14.1. The van der Waals surface area contributed by atoms with E-state index in [9.17, 15) is 13.6 Å². The van der Waals surface area contributed by atoms with Crippen molar-refractivity contribution in [2.24, 2.45) is 0 Å². The van der Waals surface area contributed by atoms with Gasteiger partial charge in [0.25, 0.3) is 12.0 Å². The molecule has 1 aromatic carbocycles. The largest absolute Gasteiger partial charge is 0.393 e. The Morgan fingerprint density at radius 2 is 2.03 bits per heavy atom. The first kappa shape index (κ1) is 22.9. The van der Waals surface area contributed by atoms with Crippen molar-refractivity contribution < 1.29 is 13.5 Å². The number of rotatable bonds is 6. The van der Waals surface area contributed by atoms with Gasteiger partial charge in [-0.05, 0) is 54.1 Å². The van der Waals surface area contributed by atoms with Gasteiger partial charge in [-0.25, -0.2) is 8.78 Å². The number of fused-ring (bicyclic) bond motifs is 1. The number of pyridine rings is 1. The quantitative estimate of drug-likeness (QED) is 0.520. The van der Waals surface area contributed by atoms with Crippen LogP contribution in [-0.2, 0) is 4.74 Å². The van der Waals surface area contributed by atoms with Gasteiger partial charge in [-0.15, -0.1) is 0 Å². The minimum Gasteiger partial charge on any atom is -0.393 e. The van der Waals surface area contributed by atoms with E-state index in [0.717, 1.165) is 4.47 Å². The fraction of sp³-hybridized carbons (Fsp3) is 0.167. The minimum absolute atomic E-state index is 0.292. The van der Waals surface area contributed by atoms with Gasteiger partial charge in [-0.1, -0.05) is 28.1 Å². The zero-order valence-corrected chi connectivity index (χ0v) is 19.2. The van der Waals surface area contributed by atoms with Crippen molar-refractivity contribution in [1.29, 1.82) is 5.41 Å². The second-order valence-corrected chi connectivity index (χ2v) is 8.28. The Bertz CT molecular complexity index is 1260. The highest BCUT2D eigenvalue weighted by Gasteiger charge is 2.23. The molecule has 33 heavy (non-hydrogen) atoms. The van der Waals surface area contributed by atoms with Crippen LogP contribution in [-0.4, -0.2) is 36.6 Å². The number of hydrogen-bond donors (Lipinski definition) is 3. The molecule has 1 aliphatic carbocycles. The van der Waals surface area contributed by atoms with E-state index in [1.165, 1.54) is 4.57 Å². The summed E-state index contributed by atoms with van der Waals surface area (Å²) in [4.78, 5) is 13.7. The maximum absolute atomic E-state index is 13.7. The molecule has 0 radical (unpaired) electrons. The van der Waals surface area contributed by atoms with E-state index < -0.39 is 19.3 Å². The lowest BCUT2D eigenvalue weighted by Crippen LogP contribution is -2.32. The van der Waals surface area contributed by atoms with E-state index in [1.54, 1.807) is 61.8 Å². The van der Waals surface area contributed by atoms with Gasteiger partial charge in [0.05, 0.1) is 11.4 Å². The Morgan fingerprint density at radius 3 is 2.73 bits per heavy atom. The highest BCUT2D eigenvalue weighted by molar-refractivity contribution is 9.10. The summed E-state index contributed by atoms with van der Waals surface area (Å²) in [7, 11) is 1.74. The smallest absolute Gasteiger partial charge is 0.264 e. The highest BCUT2D eigenvalue weighted by Crippen LogP contribution is 2.30. The number of benzene rings is 1. The molecule has 0 amide bonds. The van der Waals surface area contributed by atoms with E-state index >= 15 is 0 Å². The maximum atomic E-state index is 13.7. The summed E-state index contributed by atoms with van der Waals surface area (Å²) < 4.78 is 32.8. The third-order valence-electron chi connectivity index (χ3n) is 5.11. The molecule has 0 spiro atoms. The highest BCUT2D eigenvalue weighted by atomic mass is 79.9. The fourth-order valence-electron chi connectivity index (χ4n) is 3.61. The van der Waals surface area contributed by atoms with Crippen LogP contribution in [0.4, 0.5) is 14.6 Å². The molecule has 0 bridgehead atoms. The van der Waals surface area contributed by atoms with Crippen LogP contribution < -0.4 is 16.2 Å². The van der Waals surface area contributed by atoms with Gasteiger partial charge in [0.1, 0.15) is 18.7 Å². The van der Waals surface area contributed by atoms with E-state index in [4.69, 9.17) is 10.1 Å². The summed E-state index contributed by atoms with van der Waals surface area (Å²) >= 11 is 3.40. The predicted molar refractivity (Wildman–Crippen MR) is 130 cm³/mol. The first-order valence-electron chi connectivity index (χ1n) is 10.1. The van der Waals surface area contributed by atoms with Gasteiger partial charge in [0.2, 0.25) is 0 Å².